The van der Waals surface area contributed by atoms with Crippen molar-refractivity contribution in [3.63, 3.8) is 0 Å². The number of hydrogen-bond acceptors (Lipinski definition) is 7. The van der Waals surface area contributed by atoms with Gasteiger partial charge in [0.15, 0.2) is 0 Å². The van der Waals surface area contributed by atoms with E-state index in [1.54, 1.807) is 21.7 Å². The van der Waals surface area contributed by atoms with Crippen molar-refractivity contribution in [1.29, 1.82) is 0 Å². The van der Waals surface area contributed by atoms with Gasteiger partial charge in [0.1, 0.15) is 4.21 Å². The third kappa shape index (κ3) is 4.71. The summed E-state index contributed by atoms with van der Waals surface area (Å²) in [5.41, 5.74) is 0.845. The fraction of sp³-hybridized carbons (Fsp3) is 0.588. The average molecular weight is 416 g/mol. The van der Waals surface area contributed by atoms with Crippen LogP contribution >= 0.6 is 22.7 Å². The highest BCUT2D eigenvalue weighted by molar-refractivity contribution is 7.91. The van der Waals surface area contributed by atoms with Crippen LogP contribution in [0.15, 0.2) is 21.7 Å². The molecule has 1 saturated heterocycles. The standard InChI is InChI=1S/C17H25N3O3S3/c1-13-18-15(12-24-13)16-6-7-17(25-16)26(21,22)20(9-8-19(2)3)11-14-5-4-10-23-14/h6-7,12,14H,4-5,8-11H2,1-3H3. The van der Waals surface area contributed by atoms with E-state index < -0.39 is 10.0 Å². The maximum absolute atomic E-state index is 13.2. The summed E-state index contributed by atoms with van der Waals surface area (Å²) < 4.78 is 34.1. The maximum Gasteiger partial charge on any atom is 0.252 e. The Morgan fingerprint density at radius 1 is 1.31 bits per heavy atom. The zero-order chi connectivity index (χ0) is 18.7. The number of aryl methyl sites for hydroxylation is 1. The Kier molecular flexibility index (Phi) is 6.47. The van der Waals surface area contributed by atoms with Gasteiger partial charge in [-0.2, -0.15) is 4.31 Å². The molecule has 1 fully saturated rings. The first-order valence-electron chi connectivity index (χ1n) is 8.65. The lowest BCUT2D eigenvalue weighted by Crippen LogP contribution is -2.40. The number of nitrogens with zero attached hydrogens (tertiary/aromatic N) is 3. The van der Waals surface area contributed by atoms with Crippen LogP contribution in [-0.4, -0.2) is 69.0 Å². The number of aromatic nitrogens is 1. The smallest absolute Gasteiger partial charge is 0.252 e. The van der Waals surface area contributed by atoms with Gasteiger partial charge in [-0.25, -0.2) is 13.4 Å². The summed E-state index contributed by atoms with van der Waals surface area (Å²) in [6, 6.07) is 3.55. The molecule has 0 radical (unpaired) electrons. The third-order valence-electron chi connectivity index (χ3n) is 4.27. The number of ether oxygens (including phenoxy) is 1. The zero-order valence-corrected chi connectivity index (χ0v) is 17.8. The van der Waals surface area contributed by atoms with Gasteiger partial charge in [-0.15, -0.1) is 22.7 Å². The molecule has 2 aromatic heterocycles. The van der Waals surface area contributed by atoms with Crippen molar-refractivity contribution >= 4 is 32.7 Å². The van der Waals surface area contributed by atoms with Gasteiger partial charge < -0.3 is 9.64 Å². The summed E-state index contributed by atoms with van der Waals surface area (Å²) in [4.78, 5) is 7.34. The molecule has 6 nitrogen and oxygen atoms in total. The highest BCUT2D eigenvalue weighted by atomic mass is 32.2. The summed E-state index contributed by atoms with van der Waals surface area (Å²) in [5, 5.41) is 2.94. The quantitative estimate of drug-likeness (QED) is 0.663. The monoisotopic (exact) mass is 415 g/mol. The second kappa shape index (κ2) is 8.45. The van der Waals surface area contributed by atoms with E-state index in [1.165, 1.54) is 11.3 Å². The molecule has 0 amide bonds. The Labute approximate surface area is 163 Å². The van der Waals surface area contributed by atoms with Crippen LogP contribution < -0.4 is 0 Å². The lowest BCUT2D eigenvalue weighted by atomic mass is 10.2. The molecule has 9 heteroatoms. The summed E-state index contributed by atoms with van der Waals surface area (Å²) in [7, 11) is 0.354. The van der Waals surface area contributed by atoms with Crippen LogP contribution in [0.1, 0.15) is 17.8 Å². The number of thiazole rings is 1. The molecular weight excluding hydrogens is 390 g/mol. The Morgan fingerprint density at radius 3 is 2.73 bits per heavy atom. The molecule has 0 aromatic carbocycles. The minimum Gasteiger partial charge on any atom is -0.377 e. The maximum atomic E-state index is 13.2. The summed E-state index contributed by atoms with van der Waals surface area (Å²) in [5.74, 6) is 0. The predicted molar refractivity (Wildman–Crippen MR) is 106 cm³/mol. The number of rotatable bonds is 8. The van der Waals surface area contributed by atoms with E-state index in [0.717, 1.165) is 35.0 Å². The van der Waals surface area contributed by atoms with Crippen LogP contribution in [0.4, 0.5) is 0 Å². The van der Waals surface area contributed by atoms with Gasteiger partial charge in [0.05, 0.1) is 21.7 Å². The van der Waals surface area contributed by atoms with Crippen LogP contribution in [0.25, 0.3) is 10.6 Å². The lowest BCUT2D eigenvalue weighted by molar-refractivity contribution is 0.0926. The molecule has 0 N–H and O–H groups in total. The van der Waals surface area contributed by atoms with Crippen LogP contribution in [0, 0.1) is 6.92 Å². The molecule has 0 spiro atoms. The molecule has 144 valence electrons. The predicted octanol–water partition coefficient (Wildman–Crippen LogP) is 2.91. The second-order valence-electron chi connectivity index (χ2n) is 6.67. The SMILES string of the molecule is Cc1nc(-c2ccc(S(=O)(=O)N(CCN(C)C)CC3CCCO3)s2)cs1. The van der Waals surface area contributed by atoms with Crippen molar-refractivity contribution in [2.45, 2.75) is 30.1 Å². The lowest BCUT2D eigenvalue weighted by Gasteiger charge is -2.25. The molecule has 0 aliphatic carbocycles. The van der Waals surface area contributed by atoms with Crippen LogP contribution in [0.3, 0.4) is 0 Å². The molecular formula is C17H25N3O3S3. The molecule has 0 saturated carbocycles. The third-order valence-corrected chi connectivity index (χ3v) is 8.49. The topological polar surface area (TPSA) is 62.7 Å². The molecule has 3 heterocycles. The average Bonchev–Trinajstić information content (AvgIpc) is 3.32. The van der Waals surface area contributed by atoms with Crippen molar-refractivity contribution < 1.29 is 13.2 Å². The molecule has 1 aliphatic heterocycles. The second-order valence-corrected chi connectivity index (χ2v) is 11.0. The van der Waals surface area contributed by atoms with E-state index >= 15 is 0 Å². The fourth-order valence-electron chi connectivity index (χ4n) is 2.84. The van der Waals surface area contributed by atoms with Crippen LogP contribution in [0.2, 0.25) is 0 Å². The summed E-state index contributed by atoms with van der Waals surface area (Å²) >= 11 is 2.86. The van der Waals surface area contributed by atoms with Crippen LogP contribution in [-0.2, 0) is 14.8 Å². The van der Waals surface area contributed by atoms with Crippen molar-refractivity contribution in [2.24, 2.45) is 0 Å². The van der Waals surface area contributed by atoms with E-state index in [-0.39, 0.29) is 6.10 Å². The van der Waals surface area contributed by atoms with Crippen LogP contribution in [0.5, 0.6) is 0 Å². The van der Waals surface area contributed by atoms with Gasteiger partial charge in [-0.1, -0.05) is 0 Å². The van der Waals surface area contributed by atoms with Gasteiger partial charge >= 0.3 is 0 Å². The van der Waals surface area contributed by atoms with Gasteiger partial charge in [0, 0.05) is 31.6 Å². The van der Waals surface area contributed by atoms with Crippen molar-refractivity contribution in [1.82, 2.24) is 14.2 Å². The van der Waals surface area contributed by atoms with E-state index in [4.69, 9.17) is 4.74 Å². The minimum atomic E-state index is -3.54. The highest BCUT2D eigenvalue weighted by Gasteiger charge is 2.30. The molecule has 1 unspecified atom stereocenters. The van der Waals surface area contributed by atoms with E-state index in [1.807, 2.05) is 37.4 Å². The Balaban J connectivity index is 1.82. The van der Waals surface area contributed by atoms with Gasteiger partial charge in [0.25, 0.3) is 10.0 Å². The molecule has 1 aliphatic rings. The Hall–Kier alpha value is -0.840. The van der Waals surface area contributed by atoms with E-state index in [0.29, 0.717) is 23.8 Å². The molecule has 0 bridgehead atoms. The normalized spacial score (nSPS) is 18.3. The first-order valence-corrected chi connectivity index (χ1v) is 11.8. The number of thiophene rings is 1. The molecule has 2 aromatic rings. The molecule has 3 rings (SSSR count). The minimum absolute atomic E-state index is 0.00689. The number of likely N-dealkylation sites (N-methyl/N-ethyl adjacent to an activating group) is 1. The van der Waals surface area contributed by atoms with Gasteiger partial charge in [0.2, 0.25) is 0 Å². The summed E-state index contributed by atoms with van der Waals surface area (Å²) in [6.07, 6.45) is 1.91. The van der Waals surface area contributed by atoms with Crippen molar-refractivity contribution in [3.8, 4) is 10.6 Å². The zero-order valence-electron chi connectivity index (χ0n) is 15.3. The Bertz CT molecular complexity index is 823. The Morgan fingerprint density at radius 2 is 2.12 bits per heavy atom. The van der Waals surface area contributed by atoms with E-state index in [9.17, 15) is 8.42 Å². The highest BCUT2D eigenvalue weighted by Crippen LogP contribution is 2.33. The van der Waals surface area contributed by atoms with E-state index in [2.05, 4.69) is 4.98 Å². The van der Waals surface area contributed by atoms with Crippen molar-refractivity contribution in [2.75, 3.05) is 40.3 Å². The largest absolute Gasteiger partial charge is 0.377 e. The summed E-state index contributed by atoms with van der Waals surface area (Å²) in [6.45, 7) is 4.22. The number of sulfonamides is 1. The molecule has 26 heavy (non-hydrogen) atoms. The van der Waals surface area contributed by atoms with Gasteiger partial charge in [-0.05, 0) is 46.0 Å². The number of hydrogen-bond donors (Lipinski definition) is 0. The van der Waals surface area contributed by atoms with Crippen molar-refractivity contribution in [3.05, 3.63) is 22.5 Å². The fourth-order valence-corrected chi connectivity index (χ4v) is 6.41. The first kappa shape index (κ1) is 19.9. The van der Waals surface area contributed by atoms with Gasteiger partial charge in [-0.3, -0.25) is 0 Å². The first-order chi connectivity index (χ1) is 12.4. The molecule has 1 atom stereocenters.